The second-order valence-corrected chi connectivity index (χ2v) is 7.23. The van der Waals surface area contributed by atoms with Crippen molar-refractivity contribution in [2.45, 2.75) is 12.7 Å². The van der Waals surface area contributed by atoms with Crippen LogP contribution >= 0.6 is 0 Å². The van der Waals surface area contributed by atoms with Crippen molar-refractivity contribution in [1.29, 1.82) is 0 Å². The Hall–Kier alpha value is -3.76. The highest BCUT2D eigenvalue weighted by molar-refractivity contribution is 5.76. The lowest BCUT2D eigenvalue weighted by molar-refractivity contribution is -0.138. The largest absolute Gasteiger partial charge is 0.417 e. The van der Waals surface area contributed by atoms with Crippen molar-refractivity contribution in [1.82, 2.24) is 24.6 Å². The number of nitrogens with zero attached hydrogens (tertiary/aromatic N) is 6. The number of alkyl halides is 3. The molecule has 0 aromatic carbocycles. The van der Waals surface area contributed by atoms with Crippen molar-refractivity contribution in [3.63, 3.8) is 0 Å². The molecule has 8 nitrogen and oxygen atoms in total. The predicted octanol–water partition coefficient (Wildman–Crippen LogP) is 2.07. The molecule has 0 aliphatic carbocycles. The molecule has 1 amide bonds. The molecule has 0 N–H and O–H groups in total. The smallest absolute Gasteiger partial charge is 0.353 e. The molecule has 3 aromatic rings. The first kappa shape index (κ1) is 21.5. The van der Waals surface area contributed by atoms with Crippen LogP contribution in [-0.4, -0.2) is 56.7 Å². The van der Waals surface area contributed by atoms with Crippen LogP contribution in [0.15, 0.2) is 59.8 Å². The molecule has 32 heavy (non-hydrogen) atoms. The number of rotatable bonds is 4. The van der Waals surface area contributed by atoms with Crippen LogP contribution in [-0.2, 0) is 17.5 Å². The average molecular weight is 444 g/mol. The number of hydrogen-bond acceptors (Lipinski definition) is 6. The first-order valence-electron chi connectivity index (χ1n) is 9.86. The zero-order valence-corrected chi connectivity index (χ0v) is 16.9. The molecule has 0 unspecified atom stereocenters. The zero-order chi connectivity index (χ0) is 22.7. The number of amides is 1. The van der Waals surface area contributed by atoms with Gasteiger partial charge in [-0.15, -0.1) is 0 Å². The molecule has 11 heteroatoms. The van der Waals surface area contributed by atoms with Crippen LogP contribution in [0.4, 0.5) is 19.0 Å². The van der Waals surface area contributed by atoms with Crippen molar-refractivity contribution in [2.24, 2.45) is 0 Å². The molecule has 3 aromatic heterocycles. The van der Waals surface area contributed by atoms with Crippen molar-refractivity contribution >= 4 is 11.7 Å². The van der Waals surface area contributed by atoms with Crippen molar-refractivity contribution < 1.29 is 18.0 Å². The van der Waals surface area contributed by atoms with Crippen molar-refractivity contribution in [3.8, 4) is 11.3 Å². The molecule has 1 aliphatic heterocycles. The molecule has 0 atom stereocenters. The molecule has 4 rings (SSSR count). The van der Waals surface area contributed by atoms with Gasteiger partial charge in [-0.2, -0.15) is 18.3 Å². The molecular formula is C21H19F3N6O2. The fourth-order valence-corrected chi connectivity index (χ4v) is 3.38. The Labute approximate surface area is 180 Å². The van der Waals surface area contributed by atoms with E-state index in [0.29, 0.717) is 37.7 Å². The average Bonchev–Trinajstić information content (AvgIpc) is 2.81. The molecule has 0 spiro atoms. The number of piperazine rings is 1. The minimum Gasteiger partial charge on any atom is -0.353 e. The van der Waals surface area contributed by atoms with E-state index in [2.05, 4.69) is 15.1 Å². The summed E-state index contributed by atoms with van der Waals surface area (Å²) in [7, 11) is 0. The SMILES string of the molecule is O=C(Cn1nc(-c2cccnc2)ccc1=O)N1CCN(c2ccc(C(F)(F)F)cn2)CC1. The first-order chi connectivity index (χ1) is 15.3. The summed E-state index contributed by atoms with van der Waals surface area (Å²) in [6, 6.07) is 8.82. The van der Waals surface area contributed by atoms with Gasteiger partial charge in [0.15, 0.2) is 0 Å². The van der Waals surface area contributed by atoms with Gasteiger partial charge < -0.3 is 9.80 Å². The third kappa shape index (κ3) is 4.76. The van der Waals surface area contributed by atoms with Gasteiger partial charge in [-0.1, -0.05) is 0 Å². The molecule has 4 heterocycles. The van der Waals surface area contributed by atoms with Gasteiger partial charge in [0.05, 0.1) is 11.3 Å². The summed E-state index contributed by atoms with van der Waals surface area (Å²) >= 11 is 0. The molecule has 0 bridgehead atoms. The number of aromatic nitrogens is 4. The summed E-state index contributed by atoms with van der Waals surface area (Å²) in [5, 5.41) is 4.27. The van der Waals surface area contributed by atoms with E-state index in [4.69, 9.17) is 0 Å². The fraction of sp³-hybridized carbons (Fsp3) is 0.286. The number of carbonyl (C=O) groups excluding carboxylic acids is 1. The number of pyridine rings is 2. The summed E-state index contributed by atoms with van der Waals surface area (Å²) in [4.78, 5) is 36.2. The van der Waals surface area contributed by atoms with Crippen LogP contribution in [0.2, 0.25) is 0 Å². The number of anilines is 1. The quantitative estimate of drug-likeness (QED) is 0.613. The van der Waals surface area contributed by atoms with E-state index >= 15 is 0 Å². The van der Waals surface area contributed by atoms with Gasteiger partial charge in [0.1, 0.15) is 12.4 Å². The minimum atomic E-state index is -4.43. The Kier molecular flexibility index (Phi) is 5.89. The maximum atomic E-state index is 12.7. The van der Waals surface area contributed by atoms with E-state index in [1.165, 1.54) is 12.1 Å². The third-order valence-corrected chi connectivity index (χ3v) is 5.14. The van der Waals surface area contributed by atoms with E-state index < -0.39 is 17.3 Å². The summed E-state index contributed by atoms with van der Waals surface area (Å²) in [5.41, 5.74) is 0.0650. The van der Waals surface area contributed by atoms with Crippen LogP contribution < -0.4 is 10.5 Å². The lowest BCUT2D eigenvalue weighted by atomic mass is 10.2. The predicted molar refractivity (Wildman–Crippen MR) is 110 cm³/mol. The Morgan fingerprint density at radius 3 is 2.41 bits per heavy atom. The van der Waals surface area contributed by atoms with Gasteiger partial charge in [-0.05, 0) is 30.3 Å². The molecule has 166 valence electrons. The van der Waals surface area contributed by atoms with Crippen LogP contribution in [0, 0.1) is 0 Å². The van der Waals surface area contributed by atoms with Crippen LogP contribution in [0.5, 0.6) is 0 Å². The van der Waals surface area contributed by atoms with Gasteiger partial charge in [0, 0.05) is 56.4 Å². The monoisotopic (exact) mass is 444 g/mol. The summed E-state index contributed by atoms with van der Waals surface area (Å²) in [6.07, 6.45) is -0.381. The van der Waals surface area contributed by atoms with Gasteiger partial charge in [-0.3, -0.25) is 14.6 Å². The van der Waals surface area contributed by atoms with Crippen LogP contribution in [0.3, 0.4) is 0 Å². The van der Waals surface area contributed by atoms with Crippen molar-refractivity contribution in [2.75, 3.05) is 31.1 Å². The lowest BCUT2D eigenvalue weighted by Crippen LogP contribution is -2.50. The van der Waals surface area contributed by atoms with E-state index in [9.17, 15) is 22.8 Å². The molecule has 1 saturated heterocycles. The minimum absolute atomic E-state index is 0.203. The Bertz CT molecular complexity index is 1140. The number of halogens is 3. The summed E-state index contributed by atoms with van der Waals surface area (Å²) in [5.74, 6) is 0.162. The maximum absolute atomic E-state index is 12.7. The standard InChI is InChI=1S/C21H19F3N6O2/c22-21(23,24)16-3-5-18(26-13-16)28-8-10-29(11-9-28)20(32)14-30-19(31)6-4-17(27-30)15-2-1-7-25-12-15/h1-7,12-13H,8-11,14H2. The number of hydrogen-bond donors (Lipinski definition) is 0. The van der Waals surface area contributed by atoms with E-state index in [1.807, 2.05) is 4.90 Å². The second-order valence-electron chi connectivity index (χ2n) is 7.23. The maximum Gasteiger partial charge on any atom is 0.417 e. The lowest BCUT2D eigenvalue weighted by Gasteiger charge is -2.35. The van der Waals surface area contributed by atoms with Gasteiger partial charge in [0.2, 0.25) is 5.91 Å². The molecule has 0 saturated carbocycles. The topological polar surface area (TPSA) is 84.2 Å². The Morgan fingerprint density at radius 1 is 1.00 bits per heavy atom. The highest BCUT2D eigenvalue weighted by Gasteiger charge is 2.31. The van der Waals surface area contributed by atoms with E-state index in [0.717, 1.165) is 22.5 Å². The van der Waals surface area contributed by atoms with Crippen LogP contribution in [0.25, 0.3) is 11.3 Å². The van der Waals surface area contributed by atoms with Crippen molar-refractivity contribution in [3.05, 3.63) is 70.9 Å². The van der Waals surface area contributed by atoms with Gasteiger partial charge in [-0.25, -0.2) is 9.67 Å². The Morgan fingerprint density at radius 2 is 1.78 bits per heavy atom. The highest BCUT2D eigenvalue weighted by Crippen LogP contribution is 2.29. The zero-order valence-electron chi connectivity index (χ0n) is 16.9. The Balaban J connectivity index is 1.38. The van der Waals surface area contributed by atoms with Crippen LogP contribution in [0.1, 0.15) is 5.56 Å². The van der Waals surface area contributed by atoms with Gasteiger partial charge in [0.25, 0.3) is 5.56 Å². The third-order valence-electron chi connectivity index (χ3n) is 5.14. The second kappa shape index (κ2) is 8.77. The van der Waals surface area contributed by atoms with Gasteiger partial charge >= 0.3 is 6.18 Å². The number of carbonyl (C=O) groups is 1. The first-order valence-corrected chi connectivity index (χ1v) is 9.86. The normalized spacial score (nSPS) is 14.5. The molecule has 1 fully saturated rings. The highest BCUT2D eigenvalue weighted by atomic mass is 19.4. The van der Waals surface area contributed by atoms with E-state index in [1.54, 1.807) is 35.5 Å². The van der Waals surface area contributed by atoms with E-state index in [-0.39, 0.29) is 12.5 Å². The molecule has 0 radical (unpaired) electrons. The summed E-state index contributed by atoms with van der Waals surface area (Å²) < 4.78 is 39.2. The molecular weight excluding hydrogens is 425 g/mol. The molecule has 1 aliphatic rings. The summed E-state index contributed by atoms with van der Waals surface area (Å²) in [6.45, 7) is 1.35. The fourth-order valence-electron chi connectivity index (χ4n) is 3.38.